The lowest BCUT2D eigenvalue weighted by Gasteiger charge is -2.33. The number of hydrogen-bond donors (Lipinski definition) is 0. The molecule has 0 saturated carbocycles. The van der Waals surface area contributed by atoms with Crippen LogP contribution in [0.15, 0.2) is 18.2 Å². The van der Waals surface area contributed by atoms with Crippen molar-refractivity contribution in [2.24, 2.45) is 0 Å². The monoisotopic (exact) mass is 269 g/mol. The molecule has 0 N–H and O–H groups in total. The molecule has 3 nitrogen and oxygen atoms in total. The van der Waals surface area contributed by atoms with Gasteiger partial charge in [0.25, 0.3) is 0 Å². The first-order chi connectivity index (χ1) is 9.13. The Bertz CT molecular complexity index is 445. The molecule has 1 atom stereocenters. The molecule has 1 aromatic rings. The Balaban J connectivity index is 2.18. The van der Waals surface area contributed by atoms with Crippen LogP contribution < -0.4 is 0 Å². The number of benzene rings is 1. The zero-order valence-corrected chi connectivity index (χ0v) is 10.9. The van der Waals surface area contributed by atoms with Crippen LogP contribution in [-0.4, -0.2) is 30.6 Å². The quantitative estimate of drug-likeness (QED) is 0.790. The second kappa shape index (κ2) is 6.10. The number of rotatable bonds is 3. The maximum atomic E-state index is 13.6. The van der Waals surface area contributed by atoms with E-state index in [2.05, 4.69) is 0 Å². The summed E-state index contributed by atoms with van der Waals surface area (Å²) in [6, 6.07) is 3.39. The fourth-order valence-electron chi connectivity index (χ4n) is 2.47. The molecule has 2 rings (SSSR count). The molecule has 19 heavy (non-hydrogen) atoms. The van der Waals surface area contributed by atoms with E-state index in [0.29, 0.717) is 13.0 Å². The lowest BCUT2D eigenvalue weighted by Crippen LogP contribution is -2.44. The molecule has 1 aliphatic rings. The number of halogens is 2. The van der Waals surface area contributed by atoms with Crippen molar-refractivity contribution in [1.29, 1.82) is 0 Å². The average molecular weight is 269 g/mol. The molecule has 0 amide bonds. The van der Waals surface area contributed by atoms with Crippen LogP contribution in [0.1, 0.15) is 24.8 Å². The Morgan fingerprint density at radius 3 is 2.68 bits per heavy atom. The van der Waals surface area contributed by atoms with Crippen molar-refractivity contribution in [3.05, 3.63) is 35.4 Å². The fraction of sp³-hybridized carbons (Fsp3) is 0.500. The Labute approximate surface area is 111 Å². The second-order valence-corrected chi connectivity index (χ2v) is 4.71. The van der Waals surface area contributed by atoms with Gasteiger partial charge in [-0.3, -0.25) is 9.69 Å². The number of ether oxygens (including phenoxy) is 1. The van der Waals surface area contributed by atoms with Gasteiger partial charge < -0.3 is 4.74 Å². The van der Waals surface area contributed by atoms with Crippen LogP contribution in [0, 0.1) is 11.6 Å². The summed E-state index contributed by atoms with van der Waals surface area (Å²) in [5.74, 6) is -1.49. The highest BCUT2D eigenvalue weighted by molar-refractivity contribution is 5.75. The molecule has 104 valence electrons. The summed E-state index contributed by atoms with van der Waals surface area (Å²) in [6.07, 6.45) is 2.52. The van der Waals surface area contributed by atoms with Crippen LogP contribution >= 0.6 is 0 Å². The first-order valence-electron chi connectivity index (χ1n) is 6.38. The number of hydrogen-bond acceptors (Lipinski definition) is 3. The largest absolute Gasteiger partial charge is 0.468 e. The van der Waals surface area contributed by atoms with Gasteiger partial charge in [-0.25, -0.2) is 8.78 Å². The van der Waals surface area contributed by atoms with Crippen LogP contribution in [0.5, 0.6) is 0 Å². The van der Waals surface area contributed by atoms with E-state index in [1.807, 2.05) is 0 Å². The number of carbonyl (C=O) groups is 1. The molecule has 1 aliphatic heterocycles. The molecular weight excluding hydrogens is 252 g/mol. The van der Waals surface area contributed by atoms with Gasteiger partial charge in [-0.1, -0.05) is 12.5 Å². The molecule has 1 unspecified atom stereocenters. The minimum atomic E-state index is -0.575. The van der Waals surface area contributed by atoms with E-state index in [9.17, 15) is 13.6 Å². The number of likely N-dealkylation sites (tertiary alicyclic amines) is 1. The van der Waals surface area contributed by atoms with Crippen molar-refractivity contribution in [2.75, 3.05) is 13.7 Å². The average Bonchev–Trinajstić information content (AvgIpc) is 2.42. The Kier molecular flexibility index (Phi) is 4.47. The van der Waals surface area contributed by atoms with Crippen molar-refractivity contribution in [1.82, 2.24) is 4.90 Å². The van der Waals surface area contributed by atoms with E-state index < -0.39 is 17.7 Å². The maximum absolute atomic E-state index is 13.6. The highest BCUT2D eigenvalue weighted by Gasteiger charge is 2.30. The van der Waals surface area contributed by atoms with Gasteiger partial charge >= 0.3 is 5.97 Å². The molecule has 0 aromatic heterocycles. The Morgan fingerprint density at radius 1 is 1.37 bits per heavy atom. The van der Waals surface area contributed by atoms with Crippen LogP contribution in [0.2, 0.25) is 0 Å². The van der Waals surface area contributed by atoms with E-state index in [0.717, 1.165) is 12.8 Å². The van der Waals surface area contributed by atoms with Gasteiger partial charge in [0.1, 0.15) is 17.7 Å². The van der Waals surface area contributed by atoms with Gasteiger partial charge in [0.2, 0.25) is 0 Å². The third kappa shape index (κ3) is 3.10. The van der Waals surface area contributed by atoms with Gasteiger partial charge in [0.05, 0.1) is 7.11 Å². The number of carbonyl (C=O) groups excluding carboxylic acids is 1. The van der Waals surface area contributed by atoms with E-state index in [-0.39, 0.29) is 18.1 Å². The van der Waals surface area contributed by atoms with E-state index in [4.69, 9.17) is 4.74 Å². The van der Waals surface area contributed by atoms with Crippen molar-refractivity contribution < 1.29 is 18.3 Å². The predicted molar refractivity (Wildman–Crippen MR) is 66.4 cm³/mol. The minimum absolute atomic E-state index is 0.0123. The van der Waals surface area contributed by atoms with Gasteiger partial charge in [-0.15, -0.1) is 0 Å². The molecule has 1 fully saturated rings. The lowest BCUT2D eigenvalue weighted by molar-refractivity contribution is -0.148. The summed E-state index contributed by atoms with van der Waals surface area (Å²) in [4.78, 5) is 13.5. The molecular formula is C14H17F2NO2. The zero-order chi connectivity index (χ0) is 13.8. The highest BCUT2D eigenvalue weighted by Crippen LogP contribution is 2.23. The molecule has 0 radical (unpaired) electrons. The van der Waals surface area contributed by atoms with Crippen molar-refractivity contribution in [3.63, 3.8) is 0 Å². The molecule has 1 aromatic carbocycles. The summed E-state index contributed by atoms with van der Waals surface area (Å²) in [5.41, 5.74) is 0.0123. The van der Waals surface area contributed by atoms with E-state index in [1.165, 1.54) is 25.3 Å². The molecule has 0 aliphatic carbocycles. The summed E-state index contributed by atoms with van der Waals surface area (Å²) in [6.45, 7) is 0.742. The van der Waals surface area contributed by atoms with Gasteiger partial charge in [0, 0.05) is 12.1 Å². The molecule has 5 heteroatoms. The van der Waals surface area contributed by atoms with Crippen LogP contribution in [-0.2, 0) is 16.1 Å². The van der Waals surface area contributed by atoms with E-state index in [1.54, 1.807) is 4.90 Å². The molecule has 1 saturated heterocycles. The summed E-state index contributed by atoms with van der Waals surface area (Å²) in [7, 11) is 1.33. The third-order valence-corrected chi connectivity index (χ3v) is 3.51. The molecule has 0 spiro atoms. The zero-order valence-electron chi connectivity index (χ0n) is 10.9. The number of methoxy groups -OCH3 is 1. The highest BCUT2D eigenvalue weighted by atomic mass is 19.1. The van der Waals surface area contributed by atoms with E-state index >= 15 is 0 Å². The summed E-state index contributed by atoms with van der Waals surface area (Å²) < 4.78 is 32.0. The second-order valence-electron chi connectivity index (χ2n) is 4.71. The van der Waals surface area contributed by atoms with Crippen molar-refractivity contribution in [3.8, 4) is 0 Å². The van der Waals surface area contributed by atoms with Crippen LogP contribution in [0.3, 0.4) is 0 Å². The van der Waals surface area contributed by atoms with Gasteiger partial charge in [-0.2, -0.15) is 0 Å². The van der Waals surface area contributed by atoms with Crippen LogP contribution in [0.25, 0.3) is 0 Å². The van der Waals surface area contributed by atoms with Gasteiger partial charge in [-0.05, 0) is 31.5 Å². The number of esters is 1. The third-order valence-electron chi connectivity index (χ3n) is 3.51. The normalized spacial score (nSPS) is 20.3. The first kappa shape index (κ1) is 13.9. The fourth-order valence-corrected chi connectivity index (χ4v) is 2.47. The van der Waals surface area contributed by atoms with Crippen molar-refractivity contribution in [2.45, 2.75) is 31.8 Å². The topological polar surface area (TPSA) is 29.5 Å². The Hall–Kier alpha value is -1.49. The van der Waals surface area contributed by atoms with Crippen LogP contribution in [0.4, 0.5) is 8.78 Å². The standard InChI is InChI=1S/C14H17F2NO2/c1-19-14(18)13-7-2-3-8-17(13)9-10-11(15)5-4-6-12(10)16/h4-6,13H,2-3,7-9H2,1H3. The predicted octanol–water partition coefficient (Wildman–Crippen LogP) is 2.49. The number of piperidine rings is 1. The van der Waals surface area contributed by atoms with Crippen molar-refractivity contribution >= 4 is 5.97 Å². The molecule has 1 heterocycles. The SMILES string of the molecule is COC(=O)C1CCCCN1Cc1c(F)cccc1F. The maximum Gasteiger partial charge on any atom is 0.323 e. The summed E-state index contributed by atoms with van der Waals surface area (Å²) >= 11 is 0. The Morgan fingerprint density at radius 2 is 2.05 bits per heavy atom. The first-order valence-corrected chi connectivity index (χ1v) is 6.38. The lowest BCUT2D eigenvalue weighted by atomic mass is 10.0. The molecule has 0 bridgehead atoms. The summed E-state index contributed by atoms with van der Waals surface area (Å²) in [5, 5.41) is 0. The number of nitrogens with zero attached hydrogens (tertiary/aromatic N) is 1. The minimum Gasteiger partial charge on any atom is -0.468 e. The van der Waals surface area contributed by atoms with Gasteiger partial charge in [0.15, 0.2) is 0 Å². The smallest absolute Gasteiger partial charge is 0.323 e.